The zero-order valence-electron chi connectivity index (χ0n) is 5.00. The molecule has 52 valence electrons. The molecule has 9 heavy (non-hydrogen) atoms. The van der Waals surface area contributed by atoms with E-state index in [1.165, 1.54) is 0 Å². The SMILES string of the molecule is NC(=O)[C@@H]1CCC(O)N1. The Morgan fingerprint density at radius 1 is 1.67 bits per heavy atom. The van der Waals surface area contributed by atoms with E-state index in [0.29, 0.717) is 12.8 Å². The van der Waals surface area contributed by atoms with Crippen molar-refractivity contribution in [3.05, 3.63) is 0 Å². The minimum absolute atomic E-state index is 0.319. The maximum Gasteiger partial charge on any atom is 0.234 e. The first kappa shape index (κ1) is 6.51. The molecule has 1 fully saturated rings. The van der Waals surface area contributed by atoms with Crippen LogP contribution in [0.2, 0.25) is 0 Å². The summed E-state index contributed by atoms with van der Waals surface area (Å²) in [6, 6.07) is -0.319. The summed E-state index contributed by atoms with van der Waals surface area (Å²) in [5.74, 6) is -0.383. The number of aliphatic hydroxyl groups excluding tert-OH is 1. The Labute approximate surface area is 53.0 Å². The molecule has 0 bridgehead atoms. The highest BCUT2D eigenvalue weighted by molar-refractivity contribution is 5.80. The lowest BCUT2D eigenvalue weighted by Crippen LogP contribution is -2.39. The molecule has 1 amide bonds. The Hall–Kier alpha value is -0.610. The van der Waals surface area contributed by atoms with Crippen LogP contribution in [0.15, 0.2) is 0 Å². The number of hydrogen-bond acceptors (Lipinski definition) is 3. The number of primary amides is 1. The number of carbonyl (C=O) groups excluding carboxylic acids is 1. The number of nitrogens with one attached hydrogen (secondary N) is 1. The van der Waals surface area contributed by atoms with Crippen LogP contribution in [0.1, 0.15) is 12.8 Å². The van der Waals surface area contributed by atoms with E-state index in [1.807, 2.05) is 0 Å². The minimum Gasteiger partial charge on any atom is -0.379 e. The fourth-order valence-corrected chi connectivity index (χ4v) is 0.948. The van der Waals surface area contributed by atoms with Gasteiger partial charge in [0.05, 0.1) is 6.04 Å². The van der Waals surface area contributed by atoms with E-state index < -0.39 is 6.23 Å². The van der Waals surface area contributed by atoms with Crippen molar-refractivity contribution in [1.82, 2.24) is 5.32 Å². The molecule has 0 spiro atoms. The third-order valence-electron chi connectivity index (χ3n) is 1.47. The predicted octanol–water partition coefficient (Wildman–Crippen LogP) is -1.46. The van der Waals surface area contributed by atoms with Crippen LogP contribution in [0, 0.1) is 0 Å². The van der Waals surface area contributed by atoms with Crippen LogP contribution >= 0.6 is 0 Å². The van der Waals surface area contributed by atoms with Crippen molar-refractivity contribution in [3.63, 3.8) is 0 Å². The summed E-state index contributed by atoms with van der Waals surface area (Å²) in [4.78, 5) is 10.4. The number of aliphatic hydroxyl groups is 1. The molecule has 4 N–H and O–H groups in total. The Bertz CT molecular complexity index is 126. The summed E-state index contributed by atoms with van der Waals surface area (Å²) >= 11 is 0. The second kappa shape index (κ2) is 2.33. The first-order chi connectivity index (χ1) is 4.20. The quantitative estimate of drug-likeness (QED) is 0.406. The molecule has 0 radical (unpaired) electrons. The molecule has 0 aromatic carbocycles. The van der Waals surface area contributed by atoms with Crippen LogP contribution < -0.4 is 11.1 Å². The topological polar surface area (TPSA) is 75.4 Å². The molecular weight excluding hydrogens is 120 g/mol. The largest absolute Gasteiger partial charge is 0.379 e. The number of nitrogens with two attached hydrogens (primary N) is 1. The zero-order chi connectivity index (χ0) is 6.85. The van der Waals surface area contributed by atoms with E-state index >= 15 is 0 Å². The van der Waals surface area contributed by atoms with Crippen LogP contribution in [0.3, 0.4) is 0 Å². The molecule has 1 aliphatic rings. The van der Waals surface area contributed by atoms with Gasteiger partial charge < -0.3 is 10.8 Å². The van der Waals surface area contributed by atoms with E-state index in [9.17, 15) is 4.79 Å². The molecule has 0 aromatic rings. The molecule has 1 saturated heterocycles. The summed E-state index contributed by atoms with van der Waals surface area (Å²) in [6.45, 7) is 0. The fraction of sp³-hybridized carbons (Fsp3) is 0.800. The number of hydrogen-bond donors (Lipinski definition) is 3. The minimum atomic E-state index is -0.539. The monoisotopic (exact) mass is 130 g/mol. The van der Waals surface area contributed by atoms with E-state index in [-0.39, 0.29) is 11.9 Å². The molecule has 0 aliphatic carbocycles. The Morgan fingerprint density at radius 3 is 2.56 bits per heavy atom. The number of carbonyl (C=O) groups is 1. The van der Waals surface area contributed by atoms with Crippen molar-refractivity contribution in [2.75, 3.05) is 0 Å². The third kappa shape index (κ3) is 1.40. The molecule has 4 heteroatoms. The van der Waals surface area contributed by atoms with Crippen molar-refractivity contribution >= 4 is 5.91 Å². The van der Waals surface area contributed by atoms with Gasteiger partial charge in [-0.3, -0.25) is 10.1 Å². The van der Waals surface area contributed by atoms with Crippen LogP contribution in [0.25, 0.3) is 0 Å². The van der Waals surface area contributed by atoms with Crippen molar-refractivity contribution in [1.29, 1.82) is 0 Å². The van der Waals surface area contributed by atoms with Crippen LogP contribution in [-0.4, -0.2) is 23.3 Å². The van der Waals surface area contributed by atoms with E-state index in [1.54, 1.807) is 0 Å². The predicted molar refractivity (Wildman–Crippen MR) is 31.4 cm³/mol. The van der Waals surface area contributed by atoms with Gasteiger partial charge in [0.25, 0.3) is 0 Å². The molecule has 0 saturated carbocycles. The van der Waals surface area contributed by atoms with Crippen molar-refractivity contribution < 1.29 is 9.90 Å². The summed E-state index contributed by atoms with van der Waals surface area (Å²) in [5, 5.41) is 11.5. The molecule has 1 unspecified atom stereocenters. The van der Waals surface area contributed by atoms with Crippen LogP contribution in [0.5, 0.6) is 0 Å². The number of rotatable bonds is 1. The van der Waals surface area contributed by atoms with E-state index in [2.05, 4.69) is 5.32 Å². The first-order valence-electron chi connectivity index (χ1n) is 2.93. The highest BCUT2D eigenvalue weighted by atomic mass is 16.3. The third-order valence-corrected chi connectivity index (χ3v) is 1.47. The smallest absolute Gasteiger partial charge is 0.234 e. The Morgan fingerprint density at radius 2 is 2.33 bits per heavy atom. The molecular formula is C5H10N2O2. The lowest BCUT2D eigenvalue weighted by molar-refractivity contribution is -0.120. The maximum atomic E-state index is 10.4. The zero-order valence-corrected chi connectivity index (χ0v) is 5.00. The fourth-order valence-electron chi connectivity index (χ4n) is 0.948. The molecule has 2 atom stereocenters. The van der Waals surface area contributed by atoms with Gasteiger partial charge in [0.1, 0.15) is 6.23 Å². The van der Waals surface area contributed by atoms with Gasteiger partial charge in [-0.1, -0.05) is 0 Å². The molecule has 4 nitrogen and oxygen atoms in total. The van der Waals surface area contributed by atoms with Crippen molar-refractivity contribution in [2.24, 2.45) is 5.73 Å². The van der Waals surface area contributed by atoms with Crippen LogP contribution in [-0.2, 0) is 4.79 Å². The van der Waals surface area contributed by atoms with E-state index in [4.69, 9.17) is 10.8 Å². The second-order valence-electron chi connectivity index (χ2n) is 2.21. The molecule has 1 rings (SSSR count). The van der Waals surface area contributed by atoms with Gasteiger partial charge >= 0.3 is 0 Å². The lowest BCUT2D eigenvalue weighted by Gasteiger charge is -2.04. The van der Waals surface area contributed by atoms with Gasteiger partial charge in [0.15, 0.2) is 0 Å². The summed E-state index contributed by atoms with van der Waals surface area (Å²) in [7, 11) is 0. The summed E-state index contributed by atoms with van der Waals surface area (Å²) < 4.78 is 0. The van der Waals surface area contributed by atoms with Gasteiger partial charge in [-0.15, -0.1) is 0 Å². The van der Waals surface area contributed by atoms with Gasteiger partial charge in [0, 0.05) is 0 Å². The first-order valence-corrected chi connectivity index (χ1v) is 2.93. The van der Waals surface area contributed by atoms with Gasteiger partial charge in [-0.25, -0.2) is 0 Å². The normalized spacial score (nSPS) is 34.8. The average Bonchev–Trinajstić information content (AvgIpc) is 2.14. The molecule has 0 aromatic heterocycles. The highest BCUT2D eigenvalue weighted by Gasteiger charge is 2.25. The Kier molecular flexibility index (Phi) is 1.68. The van der Waals surface area contributed by atoms with Gasteiger partial charge in [-0.2, -0.15) is 0 Å². The standard InChI is InChI=1S/C5H10N2O2/c6-5(9)3-1-2-4(8)7-3/h3-4,7-8H,1-2H2,(H2,6,9)/t3-,4?/m0/s1. The lowest BCUT2D eigenvalue weighted by atomic mass is 10.2. The average molecular weight is 130 g/mol. The highest BCUT2D eigenvalue weighted by Crippen LogP contribution is 2.08. The van der Waals surface area contributed by atoms with Gasteiger partial charge in [0.2, 0.25) is 5.91 Å². The molecule has 1 aliphatic heterocycles. The molecule has 1 heterocycles. The second-order valence-corrected chi connectivity index (χ2v) is 2.21. The van der Waals surface area contributed by atoms with Crippen molar-refractivity contribution in [3.8, 4) is 0 Å². The maximum absolute atomic E-state index is 10.4. The summed E-state index contributed by atoms with van der Waals surface area (Å²) in [5.41, 5.74) is 4.95. The Balaban J connectivity index is 2.39. The van der Waals surface area contributed by atoms with Crippen molar-refractivity contribution in [2.45, 2.75) is 25.1 Å². The van der Waals surface area contributed by atoms with Crippen LogP contribution in [0.4, 0.5) is 0 Å². The summed E-state index contributed by atoms with van der Waals surface area (Å²) in [6.07, 6.45) is 0.729. The van der Waals surface area contributed by atoms with E-state index in [0.717, 1.165) is 0 Å². The number of amides is 1. The van der Waals surface area contributed by atoms with Gasteiger partial charge in [-0.05, 0) is 12.8 Å².